The fourth-order valence-electron chi connectivity index (χ4n) is 2.80. The van der Waals surface area contributed by atoms with Crippen LogP contribution in [0.2, 0.25) is 0 Å². The molecule has 0 atom stereocenters. The van der Waals surface area contributed by atoms with E-state index in [4.69, 9.17) is 0 Å². The number of carbonyl (C=O) groups excluding carboxylic acids is 1. The monoisotopic (exact) mass is 316 g/mol. The number of pyridine rings is 1. The van der Waals surface area contributed by atoms with Gasteiger partial charge in [-0.1, -0.05) is 35.9 Å². The summed E-state index contributed by atoms with van der Waals surface area (Å²) in [6, 6.07) is 16.0. The van der Waals surface area contributed by atoms with E-state index in [0.29, 0.717) is 11.3 Å². The third-order valence-electron chi connectivity index (χ3n) is 3.96. The van der Waals surface area contributed by atoms with Crippen LogP contribution >= 0.6 is 0 Å². The van der Waals surface area contributed by atoms with Crippen molar-refractivity contribution in [3.8, 4) is 5.69 Å². The van der Waals surface area contributed by atoms with Gasteiger partial charge in [-0.2, -0.15) is 5.10 Å². The average Bonchev–Trinajstić information content (AvgIpc) is 3.01. The molecule has 5 heteroatoms. The van der Waals surface area contributed by atoms with Crippen LogP contribution in [-0.2, 0) is 4.79 Å². The Morgan fingerprint density at radius 2 is 1.79 bits per heavy atom. The maximum Gasteiger partial charge on any atom is 0.222 e. The largest absolute Gasteiger partial charge is 0.309 e. The molecule has 0 aliphatic heterocycles. The van der Waals surface area contributed by atoms with E-state index in [9.17, 15) is 4.79 Å². The number of nitrogens with zero attached hydrogens (tertiary/aromatic N) is 3. The molecule has 0 saturated carbocycles. The molecular formula is C19H16N4O. The van der Waals surface area contributed by atoms with Crippen molar-refractivity contribution >= 4 is 33.5 Å². The minimum absolute atomic E-state index is 0.163. The minimum atomic E-state index is -0.163. The number of carbonyl (C=O) groups is 1. The molecule has 0 aliphatic carbocycles. The molecule has 0 spiro atoms. The normalized spacial score (nSPS) is 11.1. The third kappa shape index (κ3) is 2.40. The SMILES string of the molecule is CC(=O)Nc1nc2ccccc2c2cn(-c3ccc(C)cc3)nc12. The van der Waals surface area contributed by atoms with Crippen molar-refractivity contribution in [3.63, 3.8) is 0 Å². The first-order valence-corrected chi connectivity index (χ1v) is 7.74. The first-order chi connectivity index (χ1) is 11.6. The number of benzene rings is 2. The van der Waals surface area contributed by atoms with Gasteiger partial charge in [0.05, 0.1) is 11.2 Å². The molecule has 0 saturated heterocycles. The van der Waals surface area contributed by atoms with Crippen LogP contribution in [0.25, 0.3) is 27.5 Å². The summed E-state index contributed by atoms with van der Waals surface area (Å²) in [5.74, 6) is 0.325. The molecule has 1 amide bonds. The Balaban J connectivity index is 2.00. The summed E-state index contributed by atoms with van der Waals surface area (Å²) in [5.41, 5.74) is 3.68. The van der Waals surface area contributed by atoms with Crippen LogP contribution in [-0.4, -0.2) is 20.7 Å². The van der Waals surface area contributed by atoms with Gasteiger partial charge in [0.2, 0.25) is 5.91 Å². The lowest BCUT2D eigenvalue weighted by atomic mass is 10.1. The van der Waals surface area contributed by atoms with E-state index >= 15 is 0 Å². The molecule has 4 rings (SSSR count). The Bertz CT molecular complexity index is 1060. The van der Waals surface area contributed by atoms with Crippen molar-refractivity contribution < 1.29 is 4.79 Å². The number of hydrogen-bond donors (Lipinski definition) is 1. The number of rotatable bonds is 2. The lowest BCUT2D eigenvalue weighted by molar-refractivity contribution is -0.114. The lowest BCUT2D eigenvalue weighted by Crippen LogP contribution is -2.08. The van der Waals surface area contributed by atoms with Crippen molar-refractivity contribution in [2.24, 2.45) is 0 Å². The van der Waals surface area contributed by atoms with Gasteiger partial charge in [0.25, 0.3) is 0 Å². The quantitative estimate of drug-likeness (QED) is 0.611. The first-order valence-electron chi connectivity index (χ1n) is 7.74. The summed E-state index contributed by atoms with van der Waals surface area (Å²) in [6.45, 7) is 3.52. The Morgan fingerprint density at radius 3 is 2.54 bits per heavy atom. The number of hydrogen-bond acceptors (Lipinski definition) is 3. The molecule has 5 nitrogen and oxygen atoms in total. The molecule has 24 heavy (non-hydrogen) atoms. The van der Waals surface area contributed by atoms with Gasteiger partial charge < -0.3 is 5.32 Å². The van der Waals surface area contributed by atoms with Crippen LogP contribution in [0.4, 0.5) is 5.82 Å². The van der Waals surface area contributed by atoms with Gasteiger partial charge in [-0.05, 0) is 25.1 Å². The highest BCUT2D eigenvalue weighted by molar-refractivity contribution is 6.10. The molecule has 1 N–H and O–H groups in total. The molecule has 2 aromatic carbocycles. The zero-order chi connectivity index (χ0) is 16.7. The van der Waals surface area contributed by atoms with Crippen molar-refractivity contribution in [1.82, 2.24) is 14.8 Å². The summed E-state index contributed by atoms with van der Waals surface area (Å²) in [5, 5.41) is 9.42. The van der Waals surface area contributed by atoms with Crippen molar-refractivity contribution in [1.29, 1.82) is 0 Å². The molecule has 0 radical (unpaired) electrons. The molecule has 0 bridgehead atoms. The molecule has 4 aromatic rings. The zero-order valence-electron chi connectivity index (χ0n) is 13.4. The molecule has 0 fully saturated rings. The average molecular weight is 316 g/mol. The van der Waals surface area contributed by atoms with E-state index in [1.54, 1.807) is 0 Å². The van der Waals surface area contributed by atoms with E-state index in [1.807, 2.05) is 59.4 Å². The number of para-hydroxylation sites is 1. The van der Waals surface area contributed by atoms with Gasteiger partial charge in [0.1, 0.15) is 5.52 Å². The van der Waals surface area contributed by atoms with Crippen LogP contribution in [0.15, 0.2) is 54.7 Å². The van der Waals surface area contributed by atoms with E-state index in [2.05, 4.69) is 22.3 Å². The topological polar surface area (TPSA) is 59.8 Å². The Morgan fingerprint density at radius 1 is 1.04 bits per heavy atom. The maximum atomic E-state index is 11.5. The third-order valence-corrected chi connectivity index (χ3v) is 3.96. The van der Waals surface area contributed by atoms with Crippen LogP contribution < -0.4 is 5.32 Å². The second-order valence-corrected chi connectivity index (χ2v) is 5.83. The van der Waals surface area contributed by atoms with Gasteiger partial charge in [0, 0.05) is 23.9 Å². The summed E-state index contributed by atoms with van der Waals surface area (Å²) in [6.07, 6.45) is 1.98. The minimum Gasteiger partial charge on any atom is -0.309 e. The van der Waals surface area contributed by atoms with Crippen molar-refractivity contribution in [3.05, 3.63) is 60.3 Å². The van der Waals surface area contributed by atoms with Crippen molar-refractivity contribution in [2.75, 3.05) is 5.32 Å². The summed E-state index contributed by atoms with van der Waals surface area (Å²) in [4.78, 5) is 16.1. The predicted molar refractivity (Wildman–Crippen MR) is 95.4 cm³/mol. The molecular weight excluding hydrogens is 300 g/mol. The smallest absolute Gasteiger partial charge is 0.222 e. The first kappa shape index (κ1) is 14.4. The van der Waals surface area contributed by atoms with E-state index < -0.39 is 0 Å². The van der Waals surface area contributed by atoms with Crippen LogP contribution in [0.3, 0.4) is 0 Å². The van der Waals surface area contributed by atoms with Crippen LogP contribution in [0.5, 0.6) is 0 Å². The van der Waals surface area contributed by atoms with Crippen molar-refractivity contribution in [2.45, 2.75) is 13.8 Å². The van der Waals surface area contributed by atoms with Gasteiger partial charge >= 0.3 is 0 Å². The fourth-order valence-corrected chi connectivity index (χ4v) is 2.80. The Kier molecular flexibility index (Phi) is 3.27. The van der Waals surface area contributed by atoms with Gasteiger partial charge in [0.15, 0.2) is 5.82 Å². The summed E-state index contributed by atoms with van der Waals surface area (Å²) in [7, 11) is 0. The zero-order valence-corrected chi connectivity index (χ0v) is 13.4. The fraction of sp³-hybridized carbons (Fsp3) is 0.105. The highest BCUT2D eigenvalue weighted by atomic mass is 16.1. The van der Waals surface area contributed by atoms with Gasteiger partial charge in [-0.15, -0.1) is 0 Å². The second-order valence-electron chi connectivity index (χ2n) is 5.83. The standard InChI is InChI=1S/C19H16N4O/c1-12-7-9-14(10-8-12)23-11-16-15-5-3-4-6-17(15)21-19(18(16)22-23)20-13(2)24/h3-11H,1-2H3,(H,20,21,24). The number of fused-ring (bicyclic) bond motifs is 3. The van der Waals surface area contributed by atoms with Gasteiger partial charge in [-0.3, -0.25) is 4.79 Å². The predicted octanol–water partition coefficient (Wildman–Crippen LogP) is 3.84. The number of anilines is 1. The van der Waals surface area contributed by atoms with E-state index in [-0.39, 0.29) is 5.91 Å². The molecule has 2 aromatic heterocycles. The maximum absolute atomic E-state index is 11.5. The van der Waals surface area contributed by atoms with Gasteiger partial charge in [-0.25, -0.2) is 9.67 Å². The highest BCUT2D eigenvalue weighted by Crippen LogP contribution is 2.29. The van der Waals surface area contributed by atoms with Crippen LogP contribution in [0.1, 0.15) is 12.5 Å². The molecule has 2 heterocycles. The molecule has 0 aliphatic rings. The number of nitrogens with one attached hydrogen (secondary N) is 1. The number of amides is 1. The Labute approximate surface area is 138 Å². The molecule has 0 unspecified atom stereocenters. The summed E-state index contributed by atoms with van der Waals surface area (Å²) >= 11 is 0. The van der Waals surface area contributed by atoms with E-state index in [0.717, 1.165) is 22.0 Å². The summed E-state index contributed by atoms with van der Waals surface area (Å²) < 4.78 is 1.82. The number of aromatic nitrogens is 3. The lowest BCUT2D eigenvalue weighted by Gasteiger charge is -2.05. The highest BCUT2D eigenvalue weighted by Gasteiger charge is 2.14. The molecule has 118 valence electrons. The van der Waals surface area contributed by atoms with E-state index in [1.165, 1.54) is 12.5 Å². The van der Waals surface area contributed by atoms with Crippen LogP contribution in [0, 0.1) is 6.92 Å². The Hall–Kier alpha value is -3.21. The number of aryl methyl sites for hydroxylation is 1. The second kappa shape index (κ2) is 5.45.